The van der Waals surface area contributed by atoms with Crippen LogP contribution in [0.1, 0.15) is 38.7 Å². The fourth-order valence-corrected chi connectivity index (χ4v) is 2.34. The Labute approximate surface area is 133 Å². The fourth-order valence-electron chi connectivity index (χ4n) is 2.25. The number of nitrogens with two attached hydrogens (primary N) is 1. The van der Waals surface area contributed by atoms with Gasteiger partial charge in [0.05, 0.1) is 4.99 Å². The SMILES string of the molecule is CC(C)CN(CCC(N)=S)C(=O)CCCc1ccccc1. The van der Waals surface area contributed by atoms with Crippen LogP contribution in [0, 0.1) is 5.92 Å². The van der Waals surface area contributed by atoms with Gasteiger partial charge >= 0.3 is 0 Å². The van der Waals surface area contributed by atoms with E-state index >= 15 is 0 Å². The highest BCUT2D eigenvalue weighted by molar-refractivity contribution is 7.80. The van der Waals surface area contributed by atoms with Crippen molar-refractivity contribution in [3.63, 3.8) is 0 Å². The van der Waals surface area contributed by atoms with Gasteiger partial charge in [-0.15, -0.1) is 0 Å². The summed E-state index contributed by atoms with van der Waals surface area (Å²) in [5.74, 6) is 0.658. The maximum absolute atomic E-state index is 12.3. The molecule has 1 amide bonds. The maximum atomic E-state index is 12.3. The molecule has 1 rings (SSSR count). The van der Waals surface area contributed by atoms with E-state index in [9.17, 15) is 4.79 Å². The third-order valence-electron chi connectivity index (χ3n) is 3.27. The van der Waals surface area contributed by atoms with Crippen LogP contribution in [-0.2, 0) is 11.2 Å². The zero-order chi connectivity index (χ0) is 15.7. The van der Waals surface area contributed by atoms with Crippen molar-refractivity contribution in [2.24, 2.45) is 11.7 Å². The molecule has 4 heteroatoms. The van der Waals surface area contributed by atoms with Crippen molar-refractivity contribution in [3.8, 4) is 0 Å². The molecule has 0 heterocycles. The summed E-state index contributed by atoms with van der Waals surface area (Å²) in [4.78, 5) is 14.7. The minimum Gasteiger partial charge on any atom is -0.393 e. The van der Waals surface area contributed by atoms with Gasteiger partial charge in [-0.1, -0.05) is 56.4 Å². The second kappa shape index (κ2) is 9.50. The number of nitrogens with zero attached hydrogens (tertiary/aromatic N) is 1. The lowest BCUT2D eigenvalue weighted by Crippen LogP contribution is -2.36. The predicted molar refractivity (Wildman–Crippen MR) is 92.2 cm³/mol. The van der Waals surface area contributed by atoms with Crippen LogP contribution in [-0.4, -0.2) is 28.9 Å². The van der Waals surface area contributed by atoms with E-state index in [2.05, 4.69) is 26.0 Å². The molecule has 0 aliphatic carbocycles. The number of carbonyl (C=O) groups excluding carboxylic acids is 1. The number of thiocarbonyl (C=S) groups is 1. The van der Waals surface area contributed by atoms with Crippen LogP contribution in [0.5, 0.6) is 0 Å². The Kier molecular flexibility index (Phi) is 7.98. The molecule has 0 aliphatic rings. The van der Waals surface area contributed by atoms with E-state index < -0.39 is 0 Å². The summed E-state index contributed by atoms with van der Waals surface area (Å²) in [5.41, 5.74) is 6.82. The molecule has 0 fully saturated rings. The van der Waals surface area contributed by atoms with Gasteiger partial charge in [0.1, 0.15) is 0 Å². The highest BCUT2D eigenvalue weighted by Crippen LogP contribution is 2.08. The standard InChI is InChI=1S/C17H26N2OS/c1-14(2)13-19(12-11-16(18)21)17(20)10-6-9-15-7-4-3-5-8-15/h3-5,7-8,14H,6,9-13H2,1-2H3,(H2,18,21). The van der Waals surface area contributed by atoms with Crippen molar-refractivity contribution >= 4 is 23.1 Å². The molecule has 0 saturated heterocycles. The molecular weight excluding hydrogens is 280 g/mol. The summed E-state index contributed by atoms with van der Waals surface area (Å²) in [7, 11) is 0. The Balaban J connectivity index is 2.42. The first-order valence-corrected chi connectivity index (χ1v) is 8.00. The minimum absolute atomic E-state index is 0.205. The van der Waals surface area contributed by atoms with E-state index in [0.717, 1.165) is 19.4 Å². The summed E-state index contributed by atoms with van der Waals surface area (Å²) in [6.45, 7) is 5.64. The first-order chi connectivity index (χ1) is 9.99. The first kappa shape index (κ1) is 17.6. The molecule has 0 saturated carbocycles. The lowest BCUT2D eigenvalue weighted by molar-refractivity contribution is -0.131. The van der Waals surface area contributed by atoms with Crippen molar-refractivity contribution in [3.05, 3.63) is 35.9 Å². The van der Waals surface area contributed by atoms with Crippen molar-refractivity contribution in [1.82, 2.24) is 4.90 Å². The van der Waals surface area contributed by atoms with Crippen LogP contribution < -0.4 is 5.73 Å². The number of hydrogen-bond acceptors (Lipinski definition) is 2. The van der Waals surface area contributed by atoms with E-state index in [1.54, 1.807) is 0 Å². The number of hydrogen-bond donors (Lipinski definition) is 1. The Morgan fingerprint density at radius 2 is 1.90 bits per heavy atom. The summed E-state index contributed by atoms with van der Waals surface area (Å²) in [6.07, 6.45) is 3.01. The van der Waals surface area contributed by atoms with Crippen molar-refractivity contribution in [2.75, 3.05) is 13.1 Å². The molecule has 0 radical (unpaired) electrons. The second-order valence-electron chi connectivity index (χ2n) is 5.79. The molecule has 1 aromatic rings. The average Bonchev–Trinajstić information content (AvgIpc) is 2.44. The average molecular weight is 306 g/mol. The lowest BCUT2D eigenvalue weighted by Gasteiger charge is -2.24. The molecule has 0 aromatic heterocycles. The van der Waals surface area contributed by atoms with Crippen LogP contribution in [0.4, 0.5) is 0 Å². The van der Waals surface area contributed by atoms with Gasteiger partial charge in [-0.2, -0.15) is 0 Å². The number of carbonyl (C=O) groups is 1. The van der Waals surface area contributed by atoms with Gasteiger partial charge in [0.25, 0.3) is 0 Å². The van der Waals surface area contributed by atoms with Gasteiger partial charge in [-0.25, -0.2) is 0 Å². The lowest BCUT2D eigenvalue weighted by atomic mass is 10.1. The van der Waals surface area contributed by atoms with E-state index in [-0.39, 0.29) is 5.91 Å². The Morgan fingerprint density at radius 3 is 2.48 bits per heavy atom. The third-order valence-corrected chi connectivity index (χ3v) is 3.47. The van der Waals surface area contributed by atoms with Crippen LogP contribution in [0.2, 0.25) is 0 Å². The molecule has 116 valence electrons. The highest BCUT2D eigenvalue weighted by Gasteiger charge is 2.14. The molecule has 0 atom stereocenters. The first-order valence-electron chi connectivity index (χ1n) is 7.59. The normalized spacial score (nSPS) is 10.6. The van der Waals surface area contributed by atoms with Crippen LogP contribution in [0.3, 0.4) is 0 Å². The molecule has 2 N–H and O–H groups in total. The molecule has 0 aliphatic heterocycles. The van der Waals surface area contributed by atoms with Gasteiger partial charge in [0.2, 0.25) is 5.91 Å². The molecule has 0 bridgehead atoms. The molecule has 21 heavy (non-hydrogen) atoms. The zero-order valence-electron chi connectivity index (χ0n) is 13.0. The predicted octanol–water partition coefficient (Wildman–Crippen LogP) is 3.17. The summed E-state index contributed by atoms with van der Waals surface area (Å²) in [6, 6.07) is 10.3. The van der Waals surface area contributed by atoms with Gasteiger partial charge in [-0.3, -0.25) is 4.79 Å². The number of rotatable bonds is 9. The minimum atomic E-state index is 0.205. The van der Waals surface area contributed by atoms with E-state index in [0.29, 0.717) is 30.3 Å². The molecule has 3 nitrogen and oxygen atoms in total. The van der Waals surface area contributed by atoms with E-state index in [4.69, 9.17) is 18.0 Å². The smallest absolute Gasteiger partial charge is 0.222 e. The second-order valence-corrected chi connectivity index (χ2v) is 6.31. The number of benzene rings is 1. The van der Waals surface area contributed by atoms with Crippen molar-refractivity contribution in [1.29, 1.82) is 0 Å². The Hall–Kier alpha value is -1.42. The quantitative estimate of drug-likeness (QED) is 0.713. The van der Waals surface area contributed by atoms with E-state index in [1.165, 1.54) is 5.56 Å². The molecule has 0 spiro atoms. The maximum Gasteiger partial charge on any atom is 0.222 e. The summed E-state index contributed by atoms with van der Waals surface area (Å²) in [5, 5.41) is 0. The third kappa shape index (κ3) is 7.81. The van der Waals surface area contributed by atoms with Gasteiger partial charge in [0.15, 0.2) is 0 Å². The van der Waals surface area contributed by atoms with Crippen LogP contribution >= 0.6 is 12.2 Å². The van der Waals surface area contributed by atoms with Gasteiger partial charge in [-0.05, 0) is 24.3 Å². The highest BCUT2D eigenvalue weighted by atomic mass is 32.1. The Morgan fingerprint density at radius 1 is 1.24 bits per heavy atom. The summed E-state index contributed by atoms with van der Waals surface area (Å²) < 4.78 is 0. The largest absolute Gasteiger partial charge is 0.393 e. The van der Waals surface area contributed by atoms with E-state index in [1.807, 2.05) is 23.1 Å². The molecule has 0 unspecified atom stereocenters. The summed E-state index contributed by atoms with van der Waals surface area (Å²) >= 11 is 4.91. The fraction of sp³-hybridized carbons (Fsp3) is 0.529. The van der Waals surface area contributed by atoms with Crippen LogP contribution in [0.25, 0.3) is 0 Å². The number of amides is 1. The molecular formula is C17H26N2OS. The van der Waals surface area contributed by atoms with Gasteiger partial charge < -0.3 is 10.6 Å². The van der Waals surface area contributed by atoms with Crippen LogP contribution in [0.15, 0.2) is 30.3 Å². The molecule has 1 aromatic carbocycles. The monoisotopic (exact) mass is 306 g/mol. The topological polar surface area (TPSA) is 46.3 Å². The van der Waals surface area contributed by atoms with Crippen molar-refractivity contribution < 1.29 is 4.79 Å². The zero-order valence-corrected chi connectivity index (χ0v) is 13.9. The number of aryl methyl sites for hydroxylation is 1. The Bertz CT molecular complexity index is 445. The van der Waals surface area contributed by atoms with Crippen molar-refractivity contribution in [2.45, 2.75) is 39.5 Å². The van der Waals surface area contributed by atoms with Gasteiger partial charge in [0, 0.05) is 25.9 Å².